The van der Waals surface area contributed by atoms with E-state index in [1.165, 1.54) is 0 Å². The van der Waals surface area contributed by atoms with Gasteiger partial charge < -0.3 is 5.11 Å². The summed E-state index contributed by atoms with van der Waals surface area (Å²) in [6.45, 7) is 0.956. The van der Waals surface area contributed by atoms with Gasteiger partial charge in [-0.1, -0.05) is 6.07 Å². The van der Waals surface area contributed by atoms with E-state index in [-0.39, 0.29) is 6.10 Å². The molecule has 1 N–H and O–H groups in total. The molecule has 1 aliphatic rings. The van der Waals surface area contributed by atoms with Crippen molar-refractivity contribution in [1.29, 1.82) is 0 Å². The maximum Gasteiger partial charge on any atom is 0.210 e. The van der Waals surface area contributed by atoms with Crippen LogP contribution in [0.2, 0.25) is 0 Å². The van der Waals surface area contributed by atoms with Crippen LogP contribution in [-0.2, 0) is 6.54 Å². The smallest absolute Gasteiger partial charge is 0.210 e. The monoisotopic (exact) mass is 136 g/mol. The second-order valence-electron chi connectivity index (χ2n) is 2.62. The van der Waals surface area contributed by atoms with Crippen LogP contribution in [0.5, 0.6) is 0 Å². The molecular weight excluding hydrogens is 126 g/mol. The highest BCUT2D eigenvalue weighted by atomic mass is 16.3. The summed E-state index contributed by atoms with van der Waals surface area (Å²) in [4.78, 5) is 0. The third-order valence-corrected chi connectivity index (χ3v) is 1.96. The van der Waals surface area contributed by atoms with Crippen LogP contribution < -0.4 is 4.57 Å². The number of fused-ring (bicyclic) bond motifs is 1. The van der Waals surface area contributed by atoms with Crippen molar-refractivity contribution in [3.8, 4) is 0 Å². The summed E-state index contributed by atoms with van der Waals surface area (Å²) >= 11 is 0. The fourth-order valence-corrected chi connectivity index (χ4v) is 1.40. The van der Waals surface area contributed by atoms with E-state index < -0.39 is 0 Å². The molecule has 1 atom stereocenters. The molecule has 0 amide bonds. The molecule has 2 rings (SSSR count). The number of hydrogen-bond acceptors (Lipinski definition) is 1. The molecule has 0 aromatic carbocycles. The molecule has 52 valence electrons. The van der Waals surface area contributed by atoms with Gasteiger partial charge in [0.15, 0.2) is 12.7 Å². The predicted octanol–water partition coefficient (Wildman–Crippen LogP) is 0.411. The fraction of sp³-hybridized carbons (Fsp3) is 0.375. The van der Waals surface area contributed by atoms with Gasteiger partial charge in [-0.15, -0.1) is 0 Å². The highest BCUT2D eigenvalue weighted by molar-refractivity contribution is 5.01. The molecular formula is C8H10NO+. The molecule has 0 saturated carbocycles. The van der Waals surface area contributed by atoms with Crippen LogP contribution in [0.1, 0.15) is 18.2 Å². The van der Waals surface area contributed by atoms with Crippen LogP contribution in [0.25, 0.3) is 0 Å². The zero-order valence-electron chi connectivity index (χ0n) is 5.70. The molecule has 0 bridgehead atoms. The lowest BCUT2D eigenvalue weighted by molar-refractivity contribution is -0.691. The largest absolute Gasteiger partial charge is 0.382 e. The number of aromatic nitrogens is 1. The van der Waals surface area contributed by atoms with Gasteiger partial charge in [0.2, 0.25) is 5.69 Å². The number of pyridine rings is 1. The quantitative estimate of drug-likeness (QED) is 0.513. The van der Waals surface area contributed by atoms with E-state index in [1.807, 2.05) is 24.4 Å². The highest BCUT2D eigenvalue weighted by Gasteiger charge is 2.26. The molecule has 1 aromatic rings. The second kappa shape index (κ2) is 2.06. The minimum absolute atomic E-state index is 0.235. The molecule has 2 heterocycles. The summed E-state index contributed by atoms with van der Waals surface area (Å²) in [5, 5.41) is 9.36. The summed E-state index contributed by atoms with van der Waals surface area (Å²) in [6.07, 6.45) is 2.64. The maximum atomic E-state index is 9.36. The lowest BCUT2D eigenvalue weighted by Gasteiger charge is -1.92. The average Bonchev–Trinajstić information content (AvgIpc) is 2.34. The molecule has 0 aliphatic carbocycles. The van der Waals surface area contributed by atoms with E-state index in [0.717, 1.165) is 18.7 Å². The van der Waals surface area contributed by atoms with E-state index >= 15 is 0 Å². The Morgan fingerprint density at radius 2 is 2.40 bits per heavy atom. The van der Waals surface area contributed by atoms with Crippen molar-refractivity contribution in [2.24, 2.45) is 0 Å². The molecule has 0 fully saturated rings. The zero-order chi connectivity index (χ0) is 6.97. The van der Waals surface area contributed by atoms with Crippen molar-refractivity contribution < 1.29 is 9.67 Å². The first-order chi connectivity index (χ1) is 4.88. The third kappa shape index (κ3) is 0.727. The lowest BCUT2D eigenvalue weighted by Crippen LogP contribution is -2.31. The maximum absolute atomic E-state index is 9.36. The van der Waals surface area contributed by atoms with Gasteiger partial charge in [-0.2, -0.15) is 0 Å². The Balaban J connectivity index is 2.51. The number of aliphatic hydroxyl groups excluding tert-OH is 1. The summed E-state index contributed by atoms with van der Waals surface area (Å²) in [7, 11) is 0. The predicted molar refractivity (Wildman–Crippen MR) is 36.2 cm³/mol. The molecule has 1 aliphatic heterocycles. The number of hydrogen-bond donors (Lipinski definition) is 1. The van der Waals surface area contributed by atoms with E-state index in [1.54, 1.807) is 0 Å². The Bertz CT molecular complexity index is 247. The Morgan fingerprint density at radius 3 is 3.20 bits per heavy atom. The molecule has 10 heavy (non-hydrogen) atoms. The van der Waals surface area contributed by atoms with Crippen molar-refractivity contribution in [2.75, 3.05) is 0 Å². The Labute approximate surface area is 59.7 Å². The van der Waals surface area contributed by atoms with Crippen LogP contribution in [0.4, 0.5) is 0 Å². The SMILES string of the molecule is OC1CC[n+]2ccccc21. The molecule has 1 unspecified atom stereocenters. The van der Waals surface area contributed by atoms with Gasteiger partial charge in [-0.25, -0.2) is 4.57 Å². The van der Waals surface area contributed by atoms with Gasteiger partial charge in [0.25, 0.3) is 0 Å². The molecule has 0 spiro atoms. The molecule has 2 heteroatoms. The summed E-state index contributed by atoms with van der Waals surface area (Å²) in [5.41, 5.74) is 1.04. The first-order valence-corrected chi connectivity index (χ1v) is 3.54. The molecule has 2 nitrogen and oxygen atoms in total. The van der Waals surface area contributed by atoms with Crippen molar-refractivity contribution in [1.82, 2.24) is 0 Å². The second-order valence-corrected chi connectivity index (χ2v) is 2.62. The fourth-order valence-electron chi connectivity index (χ4n) is 1.40. The third-order valence-electron chi connectivity index (χ3n) is 1.96. The molecule has 0 radical (unpaired) electrons. The van der Waals surface area contributed by atoms with Crippen LogP contribution >= 0.6 is 0 Å². The van der Waals surface area contributed by atoms with E-state index in [4.69, 9.17) is 0 Å². The summed E-state index contributed by atoms with van der Waals surface area (Å²) < 4.78 is 2.09. The van der Waals surface area contributed by atoms with E-state index in [0.29, 0.717) is 0 Å². The van der Waals surface area contributed by atoms with Crippen molar-refractivity contribution in [2.45, 2.75) is 19.1 Å². The Morgan fingerprint density at radius 1 is 1.50 bits per heavy atom. The Kier molecular flexibility index (Phi) is 1.21. The number of aliphatic hydroxyl groups is 1. The number of nitrogens with zero attached hydrogens (tertiary/aromatic N) is 1. The van der Waals surface area contributed by atoms with Gasteiger partial charge in [0.05, 0.1) is 0 Å². The van der Waals surface area contributed by atoms with Crippen LogP contribution in [-0.4, -0.2) is 5.11 Å². The van der Waals surface area contributed by atoms with Crippen molar-refractivity contribution >= 4 is 0 Å². The summed E-state index contributed by atoms with van der Waals surface area (Å²) in [6, 6.07) is 5.92. The summed E-state index contributed by atoms with van der Waals surface area (Å²) in [5.74, 6) is 0. The van der Waals surface area contributed by atoms with Gasteiger partial charge in [0.1, 0.15) is 6.10 Å². The van der Waals surface area contributed by atoms with Crippen LogP contribution in [0, 0.1) is 0 Å². The van der Waals surface area contributed by atoms with Gasteiger partial charge >= 0.3 is 0 Å². The van der Waals surface area contributed by atoms with Gasteiger partial charge in [-0.3, -0.25) is 0 Å². The normalized spacial score (nSPS) is 22.7. The topological polar surface area (TPSA) is 24.1 Å². The number of rotatable bonds is 0. The standard InChI is InChI=1S/C8H10NO/c10-8-4-6-9-5-2-1-3-7(8)9/h1-3,5,8,10H,4,6H2/q+1. The van der Waals surface area contributed by atoms with Gasteiger partial charge in [-0.05, 0) is 0 Å². The number of aryl methyl sites for hydroxylation is 1. The lowest BCUT2D eigenvalue weighted by atomic mass is 10.2. The first-order valence-electron chi connectivity index (χ1n) is 3.54. The minimum atomic E-state index is -0.235. The van der Waals surface area contributed by atoms with E-state index in [9.17, 15) is 5.11 Å². The zero-order valence-corrected chi connectivity index (χ0v) is 5.70. The van der Waals surface area contributed by atoms with Crippen LogP contribution in [0.15, 0.2) is 24.4 Å². The Hall–Kier alpha value is -0.890. The van der Waals surface area contributed by atoms with Gasteiger partial charge in [0, 0.05) is 18.6 Å². The van der Waals surface area contributed by atoms with E-state index in [2.05, 4.69) is 4.57 Å². The highest BCUT2D eigenvalue weighted by Crippen LogP contribution is 2.17. The minimum Gasteiger partial charge on any atom is -0.382 e. The molecule has 1 aromatic heterocycles. The average molecular weight is 136 g/mol. The molecule has 0 saturated heterocycles. The van der Waals surface area contributed by atoms with Crippen molar-refractivity contribution in [3.63, 3.8) is 0 Å². The van der Waals surface area contributed by atoms with Crippen molar-refractivity contribution in [3.05, 3.63) is 30.1 Å². The first kappa shape index (κ1) is 5.86. The van der Waals surface area contributed by atoms with Crippen LogP contribution in [0.3, 0.4) is 0 Å².